The van der Waals surface area contributed by atoms with E-state index in [1.807, 2.05) is 0 Å². The maximum absolute atomic E-state index is 4.36. The maximum Gasteiger partial charge on any atom is 0.101 e. The summed E-state index contributed by atoms with van der Waals surface area (Å²) in [6.45, 7) is 0.979. The number of aliphatic imine (C=N–C) groups is 1. The summed E-state index contributed by atoms with van der Waals surface area (Å²) in [6.07, 6.45) is 2.28. The smallest absolute Gasteiger partial charge is 0.101 e. The number of amidine groups is 1. The van der Waals surface area contributed by atoms with E-state index in [-0.39, 0.29) is 0 Å². The number of anilines is 1. The third-order valence-corrected chi connectivity index (χ3v) is 2.73. The molecule has 0 spiro atoms. The Labute approximate surface area is 91.6 Å². The molecule has 0 unspecified atom stereocenters. The Morgan fingerprint density at radius 1 is 1.23 bits per heavy atom. The topological polar surface area (TPSA) is 24.4 Å². The van der Waals surface area contributed by atoms with Crippen LogP contribution in [-0.2, 0) is 0 Å². The van der Waals surface area contributed by atoms with Gasteiger partial charge in [-0.25, -0.2) is 0 Å². The number of halogens is 1. The summed E-state index contributed by atoms with van der Waals surface area (Å²) in [5.41, 5.74) is 1.14. The van der Waals surface area contributed by atoms with Gasteiger partial charge in [-0.15, -0.1) is 0 Å². The lowest BCUT2D eigenvalue weighted by Crippen LogP contribution is -2.07. The molecule has 0 saturated carbocycles. The van der Waals surface area contributed by atoms with Gasteiger partial charge < -0.3 is 5.32 Å². The lowest BCUT2D eigenvalue weighted by Gasteiger charge is -2.04. The molecule has 1 aliphatic heterocycles. The lowest BCUT2D eigenvalue weighted by molar-refractivity contribution is 0.951. The van der Waals surface area contributed by atoms with Gasteiger partial charge in [-0.1, -0.05) is 0 Å². The highest BCUT2D eigenvalue weighted by Gasteiger charge is 2.05. The van der Waals surface area contributed by atoms with Crippen LogP contribution in [0.15, 0.2) is 29.3 Å². The van der Waals surface area contributed by atoms with Crippen molar-refractivity contribution in [3.8, 4) is 0 Å². The number of hydrogen-bond acceptors (Lipinski definition) is 2. The average molecular weight is 286 g/mol. The predicted molar refractivity (Wildman–Crippen MR) is 64.3 cm³/mol. The fourth-order valence-corrected chi connectivity index (χ4v) is 1.70. The zero-order chi connectivity index (χ0) is 9.10. The Morgan fingerprint density at radius 3 is 2.62 bits per heavy atom. The van der Waals surface area contributed by atoms with Crippen LogP contribution in [0, 0.1) is 3.57 Å². The van der Waals surface area contributed by atoms with Gasteiger partial charge in [-0.05, 0) is 53.3 Å². The van der Waals surface area contributed by atoms with E-state index in [1.54, 1.807) is 0 Å². The van der Waals surface area contributed by atoms with Gasteiger partial charge in [0.05, 0.1) is 0 Å². The van der Waals surface area contributed by atoms with Gasteiger partial charge in [0, 0.05) is 22.2 Å². The normalized spacial score (nSPS) is 15.6. The molecule has 2 nitrogen and oxygen atoms in total. The summed E-state index contributed by atoms with van der Waals surface area (Å²) in [5, 5.41) is 3.31. The Bertz CT molecular complexity index is 316. The lowest BCUT2D eigenvalue weighted by atomic mass is 10.3. The van der Waals surface area contributed by atoms with Gasteiger partial charge in [-0.3, -0.25) is 4.99 Å². The monoisotopic (exact) mass is 286 g/mol. The minimum absolute atomic E-state index is 0.979. The standard InChI is InChI=1S/C10H11IN2/c11-8-3-5-9(6-4-8)13-10-2-1-7-12-10/h3-6H,1-2,7H2,(H,12,13). The quantitative estimate of drug-likeness (QED) is 0.789. The van der Waals surface area contributed by atoms with Crippen LogP contribution in [0.1, 0.15) is 12.8 Å². The second-order valence-electron chi connectivity index (χ2n) is 3.06. The van der Waals surface area contributed by atoms with Crippen molar-refractivity contribution in [2.45, 2.75) is 12.8 Å². The van der Waals surface area contributed by atoms with Crippen molar-refractivity contribution < 1.29 is 0 Å². The average Bonchev–Trinajstić information content (AvgIpc) is 2.62. The molecule has 0 saturated heterocycles. The third-order valence-electron chi connectivity index (χ3n) is 2.01. The molecule has 68 valence electrons. The van der Waals surface area contributed by atoms with Crippen molar-refractivity contribution in [3.63, 3.8) is 0 Å². The number of nitrogens with one attached hydrogen (secondary N) is 1. The fraction of sp³-hybridized carbons (Fsp3) is 0.300. The van der Waals surface area contributed by atoms with E-state index in [9.17, 15) is 0 Å². The molecule has 0 fully saturated rings. The molecule has 0 atom stereocenters. The molecule has 1 aromatic rings. The van der Waals surface area contributed by atoms with Crippen LogP contribution in [0.2, 0.25) is 0 Å². The van der Waals surface area contributed by atoms with Crippen molar-refractivity contribution in [2.24, 2.45) is 4.99 Å². The molecule has 0 radical (unpaired) electrons. The molecule has 3 heteroatoms. The van der Waals surface area contributed by atoms with Crippen molar-refractivity contribution in [1.29, 1.82) is 0 Å². The molecule has 0 aliphatic carbocycles. The van der Waals surface area contributed by atoms with Crippen molar-refractivity contribution in [3.05, 3.63) is 27.8 Å². The van der Waals surface area contributed by atoms with Crippen LogP contribution in [0.4, 0.5) is 5.69 Å². The van der Waals surface area contributed by atoms with Crippen molar-refractivity contribution in [2.75, 3.05) is 11.9 Å². The minimum atomic E-state index is 0.979. The molecule has 1 N–H and O–H groups in total. The first-order chi connectivity index (χ1) is 6.34. The van der Waals surface area contributed by atoms with E-state index >= 15 is 0 Å². The molecule has 1 heterocycles. The van der Waals surface area contributed by atoms with E-state index in [1.165, 1.54) is 9.99 Å². The first-order valence-corrected chi connectivity index (χ1v) is 5.48. The Kier molecular flexibility index (Phi) is 2.83. The summed E-state index contributed by atoms with van der Waals surface area (Å²) in [6, 6.07) is 8.36. The van der Waals surface area contributed by atoms with Gasteiger partial charge in [0.15, 0.2) is 0 Å². The largest absolute Gasteiger partial charge is 0.344 e. The highest BCUT2D eigenvalue weighted by atomic mass is 127. The van der Waals surface area contributed by atoms with Gasteiger partial charge in [0.25, 0.3) is 0 Å². The first kappa shape index (κ1) is 8.99. The predicted octanol–water partition coefficient (Wildman–Crippen LogP) is 2.90. The van der Waals surface area contributed by atoms with E-state index in [2.05, 4.69) is 57.2 Å². The molecule has 0 amide bonds. The van der Waals surface area contributed by atoms with Gasteiger partial charge in [0.2, 0.25) is 0 Å². The van der Waals surface area contributed by atoms with Crippen LogP contribution in [0.5, 0.6) is 0 Å². The first-order valence-electron chi connectivity index (χ1n) is 4.40. The van der Waals surface area contributed by atoms with Crippen LogP contribution in [-0.4, -0.2) is 12.4 Å². The van der Waals surface area contributed by atoms with Crippen LogP contribution in [0.25, 0.3) is 0 Å². The Balaban J connectivity index is 2.05. The van der Waals surface area contributed by atoms with Crippen LogP contribution < -0.4 is 5.32 Å². The SMILES string of the molecule is Ic1ccc(NC2=NCCC2)cc1. The molecule has 1 aromatic carbocycles. The van der Waals surface area contributed by atoms with Crippen molar-refractivity contribution in [1.82, 2.24) is 0 Å². The summed E-state index contributed by atoms with van der Waals surface area (Å²) in [5.74, 6) is 1.13. The van der Waals surface area contributed by atoms with Gasteiger partial charge in [0.1, 0.15) is 5.84 Å². The highest BCUT2D eigenvalue weighted by Crippen LogP contribution is 2.13. The molecule has 0 aromatic heterocycles. The van der Waals surface area contributed by atoms with Crippen LogP contribution in [0.3, 0.4) is 0 Å². The summed E-state index contributed by atoms with van der Waals surface area (Å²) < 4.78 is 1.26. The molecule has 13 heavy (non-hydrogen) atoms. The number of rotatable bonds is 1. The molecular formula is C10H11IN2. The van der Waals surface area contributed by atoms with E-state index in [0.717, 1.165) is 24.5 Å². The summed E-state index contributed by atoms with van der Waals surface area (Å²) >= 11 is 2.30. The number of hydrogen-bond donors (Lipinski definition) is 1. The third kappa shape index (κ3) is 2.43. The fourth-order valence-electron chi connectivity index (χ4n) is 1.34. The highest BCUT2D eigenvalue weighted by molar-refractivity contribution is 14.1. The van der Waals surface area contributed by atoms with Gasteiger partial charge in [-0.2, -0.15) is 0 Å². The van der Waals surface area contributed by atoms with Crippen molar-refractivity contribution >= 4 is 34.1 Å². The van der Waals surface area contributed by atoms with E-state index in [0.29, 0.717) is 0 Å². The number of nitrogens with zero attached hydrogens (tertiary/aromatic N) is 1. The minimum Gasteiger partial charge on any atom is -0.344 e. The number of benzene rings is 1. The Hall–Kier alpha value is -0.580. The van der Waals surface area contributed by atoms with Gasteiger partial charge >= 0.3 is 0 Å². The second-order valence-corrected chi connectivity index (χ2v) is 4.31. The summed E-state index contributed by atoms with van der Waals surface area (Å²) in [4.78, 5) is 4.36. The van der Waals surface area contributed by atoms with E-state index in [4.69, 9.17) is 0 Å². The Morgan fingerprint density at radius 2 is 2.00 bits per heavy atom. The molecule has 1 aliphatic rings. The van der Waals surface area contributed by atoms with E-state index < -0.39 is 0 Å². The zero-order valence-electron chi connectivity index (χ0n) is 7.26. The van der Waals surface area contributed by atoms with Crippen LogP contribution >= 0.6 is 22.6 Å². The summed E-state index contributed by atoms with van der Waals surface area (Å²) in [7, 11) is 0. The maximum atomic E-state index is 4.36. The zero-order valence-corrected chi connectivity index (χ0v) is 9.41. The molecule has 0 bridgehead atoms. The second kappa shape index (κ2) is 4.09. The molecule has 2 rings (SSSR count). The molecular weight excluding hydrogens is 275 g/mol.